The Morgan fingerprint density at radius 1 is 1.03 bits per heavy atom. The number of amides is 2. The number of nitrogens with one attached hydrogen (secondary N) is 1. The van der Waals surface area contributed by atoms with Gasteiger partial charge in [0.2, 0.25) is 11.8 Å². The molecule has 2 saturated heterocycles. The van der Waals surface area contributed by atoms with Gasteiger partial charge in [-0.15, -0.1) is 0 Å². The van der Waals surface area contributed by atoms with Gasteiger partial charge in [-0.05, 0) is 17.5 Å². The van der Waals surface area contributed by atoms with Gasteiger partial charge in [-0.3, -0.25) is 14.4 Å². The molecule has 6 nitrogen and oxygen atoms in total. The van der Waals surface area contributed by atoms with Gasteiger partial charge in [0.05, 0.1) is 12.5 Å². The second-order valence-corrected chi connectivity index (χ2v) is 7.55. The number of benzene rings is 2. The minimum atomic E-state index is -0.722. The Labute approximate surface area is 169 Å². The van der Waals surface area contributed by atoms with Crippen LogP contribution in [0.25, 0.3) is 0 Å². The molecule has 3 atom stereocenters. The van der Waals surface area contributed by atoms with Crippen molar-refractivity contribution in [2.75, 3.05) is 13.2 Å². The van der Waals surface area contributed by atoms with Crippen molar-refractivity contribution in [2.45, 2.75) is 37.5 Å². The molecule has 2 aromatic carbocycles. The van der Waals surface area contributed by atoms with Gasteiger partial charge in [0, 0.05) is 13.0 Å². The molecule has 2 fully saturated rings. The molecule has 150 valence electrons. The summed E-state index contributed by atoms with van der Waals surface area (Å²) in [6.07, 6.45) is 1.01. The van der Waals surface area contributed by atoms with E-state index in [1.807, 2.05) is 60.7 Å². The summed E-state index contributed by atoms with van der Waals surface area (Å²) in [5, 5.41) is 2.90. The molecule has 0 bridgehead atoms. The van der Waals surface area contributed by atoms with Crippen molar-refractivity contribution < 1.29 is 19.1 Å². The number of Topliss-reactive ketones (excluding diaryl/α,β-unsaturated/α-hetero) is 1. The van der Waals surface area contributed by atoms with Crippen molar-refractivity contribution >= 4 is 17.6 Å². The molecule has 2 unspecified atom stereocenters. The minimum Gasteiger partial charge on any atom is -0.368 e. The first-order chi connectivity index (χ1) is 14.1. The Kier molecular flexibility index (Phi) is 5.71. The Morgan fingerprint density at radius 2 is 1.69 bits per heavy atom. The number of rotatable bonds is 6. The summed E-state index contributed by atoms with van der Waals surface area (Å²) in [6, 6.07) is 17.8. The zero-order chi connectivity index (χ0) is 20.2. The lowest BCUT2D eigenvalue weighted by Gasteiger charge is -2.27. The fourth-order valence-electron chi connectivity index (χ4n) is 4.12. The van der Waals surface area contributed by atoms with Gasteiger partial charge >= 0.3 is 0 Å². The number of fused-ring (bicyclic) bond motifs is 1. The van der Waals surface area contributed by atoms with E-state index < -0.39 is 12.1 Å². The Morgan fingerprint density at radius 3 is 2.38 bits per heavy atom. The summed E-state index contributed by atoms with van der Waals surface area (Å²) in [4.78, 5) is 39.8. The Hall–Kier alpha value is -2.99. The molecule has 1 N–H and O–H groups in total. The van der Waals surface area contributed by atoms with Crippen molar-refractivity contribution in [1.29, 1.82) is 0 Å². The first-order valence-electron chi connectivity index (χ1n) is 9.94. The quantitative estimate of drug-likeness (QED) is 0.809. The first-order valence-corrected chi connectivity index (χ1v) is 9.94. The molecule has 0 aliphatic carbocycles. The maximum Gasteiger partial charge on any atom is 0.246 e. The topological polar surface area (TPSA) is 75.7 Å². The molecule has 6 heteroatoms. The molecule has 2 amide bonds. The number of carbonyl (C=O) groups excluding carboxylic acids is 3. The van der Waals surface area contributed by atoms with Crippen molar-refractivity contribution in [3.63, 3.8) is 0 Å². The molecule has 0 aromatic heterocycles. The van der Waals surface area contributed by atoms with E-state index in [2.05, 4.69) is 5.32 Å². The molecular formula is C23H24N2O4. The molecule has 4 rings (SSSR count). The minimum absolute atomic E-state index is 0.0584. The molecule has 2 aliphatic rings. The second-order valence-electron chi connectivity index (χ2n) is 7.55. The highest BCUT2D eigenvalue weighted by Gasteiger charge is 2.47. The van der Waals surface area contributed by atoms with Crippen LogP contribution in [0.3, 0.4) is 0 Å². The van der Waals surface area contributed by atoms with Crippen LogP contribution in [0.4, 0.5) is 0 Å². The van der Waals surface area contributed by atoms with Gasteiger partial charge in [0.25, 0.3) is 0 Å². The standard InChI is InChI=1S/C23H24N2O4/c26-19-15-29-20-11-12-25(22(19)20)23(28)18(13-16-7-3-1-4-8-16)24-21(27)14-17-9-5-2-6-10-17/h1-10,18,20,22H,11-15H2,(H,24,27)/t18-,20?,22?/m0/s1. The number of hydrogen-bond donors (Lipinski definition) is 1. The van der Waals surface area contributed by atoms with E-state index in [-0.39, 0.29) is 36.7 Å². The lowest BCUT2D eigenvalue weighted by molar-refractivity contribution is -0.139. The van der Waals surface area contributed by atoms with Crippen LogP contribution >= 0.6 is 0 Å². The SMILES string of the molecule is O=C(Cc1ccccc1)N[C@@H](Cc1ccccc1)C(=O)N1CCC2OCC(=O)C21. The first kappa shape index (κ1) is 19.3. The van der Waals surface area contributed by atoms with E-state index >= 15 is 0 Å². The van der Waals surface area contributed by atoms with Crippen molar-refractivity contribution in [1.82, 2.24) is 10.2 Å². The lowest BCUT2D eigenvalue weighted by Crippen LogP contribution is -2.53. The molecular weight excluding hydrogens is 368 g/mol. The highest BCUT2D eigenvalue weighted by Crippen LogP contribution is 2.27. The third-order valence-electron chi connectivity index (χ3n) is 5.52. The number of ketones is 1. The summed E-state index contributed by atoms with van der Waals surface area (Å²) >= 11 is 0. The van der Waals surface area contributed by atoms with Crippen molar-refractivity contribution in [2.24, 2.45) is 0 Å². The van der Waals surface area contributed by atoms with E-state index in [9.17, 15) is 14.4 Å². The van der Waals surface area contributed by atoms with E-state index in [1.165, 1.54) is 0 Å². The highest BCUT2D eigenvalue weighted by molar-refractivity contribution is 5.95. The highest BCUT2D eigenvalue weighted by atomic mass is 16.5. The van der Waals surface area contributed by atoms with Crippen LogP contribution in [0.2, 0.25) is 0 Å². The van der Waals surface area contributed by atoms with E-state index in [4.69, 9.17) is 4.74 Å². The van der Waals surface area contributed by atoms with Crippen molar-refractivity contribution in [3.05, 3.63) is 71.8 Å². The van der Waals surface area contributed by atoms with Gasteiger partial charge in [-0.25, -0.2) is 0 Å². The maximum absolute atomic E-state index is 13.3. The molecule has 2 heterocycles. The lowest BCUT2D eigenvalue weighted by atomic mass is 10.0. The zero-order valence-electron chi connectivity index (χ0n) is 16.1. The summed E-state index contributed by atoms with van der Waals surface area (Å²) < 4.78 is 5.50. The second kappa shape index (κ2) is 8.57. The monoisotopic (exact) mass is 392 g/mol. The van der Waals surface area contributed by atoms with Gasteiger partial charge < -0.3 is 15.0 Å². The Balaban J connectivity index is 1.51. The molecule has 29 heavy (non-hydrogen) atoms. The summed E-state index contributed by atoms with van der Waals surface area (Å²) in [5.41, 5.74) is 1.84. The zero-order valence-corrected chi connectivity index (χ0v) is 16.1. The molecule has 0 radical (unpaired) electrons. The van der Waals surface area contributed by atoms with Crippen LogP contribution in [-0.4, -0.2) is 53.8 Å². The number of ether oxygens (including phenoxy) is 1. The molecule has 2 aliphatic heterocycles. The fraction of sp³-hybridized carbons (Fsp3) is 0.348. The third kappa shape index (κ3) is 4.38. The van der Waals surface area contributed by atoms with E-state index in [0.29, 0.717) is 19.4 Å². The fourth-order valence-corrected chi connectivity index (χ4v) is 4.12. The van der Waals surface area contributed by atoms with Gasteiger partial charge in [-0.2, -0.15) is 0 Å². The van der Waals surface area contributed by atoms with E-state index in [0.717, 1.165) is 11.1 Å². The number of hydrogen-bond acceptors (Lipinski definition) is 4. The van der Waals surface area contributed by atoms with Crippen LogP contribution in [0.15, 0.2) is 60.7 Å². The predicted octanol–water partition coefficient (Wildman–Crippen LogP) is 1.53. The average Bonchev–Trinajstić information content (AvgIpc) is 3.31. The van der Waals surface area contributed by atoms with E-state index in [1.54, 1.807) is 4.90 Å². The summed E-state index contributed by atoms with van der Waals surface area (Å²) in [5.74, 6) is -0.494. The van der Waals surface area contributed by atoms with Gasteiger partial charge in [0.15, 0.2) is 5.78 Å². The average molecular weight is 392 g/mol. The summed E-state index contributed by atoms with van der Waals surface area (Å²) in [7, 11) is 0. The molecule has 0 spiro atoms. The smallest absolute Gasteiger partial charge is 0.246 e. The maximum atomic E-state index is 13.3. The number of nitrogens with zero attached hydrogens (tertiary/aromatic N) is 1. The normalized spacial score (nSPS) is 21.7. The van der Waals surface area contributed by atoms with Gasteiger partial charge in [0.1, 0.15) is 18.7 Å². The van der Waals surface area contributed by atoms with Crippen LogP contribution in [0.1, 0.15) is 17.5 Å². The van der Waals surface area contributed by atoms with Crippen LogP contribution in [0, 0.1) is 0 Å². The molecule has 2 aromatic rings. The summed E-state index contributed by atoms with van der Waals surface area (Å²) in [6.45, 7) is 0.530. The largest absolute Gasteiger partial charge is 0.368 e. The third-order valence-corrected chi connectivity index (χ3v) is 5.52. The Bertz CT molecular complexity index is 884. The van der Waals surface area contributed by atoms with Crippen molar-refractivity contribution in [3.8, 4) is 0 Å². The molecule has 0 saturated carbocycles. The van der Waals surface area contributed by atoms with Crippen LogP contribution in [-0.2, 0) is 32.0 Å². The number of likely N-dealkylation sites (tertiary alicyclic amines) is 1. The number of carbonyl (C=O) groups is 3. The predicted molar refractivity (Wildman–Crippen MR) is 107 cm³/mol. The van der Waals surface area contributed by atoms with Crippen LogP contribution in [0.5, 0.6) is 0 Å². The van der Waals surface area contributed by atoms with Crippen LogP contribution < -0.4 is 5.32 Å². The van der Waals surface area contributed by atoms with Gasteiger partial charge in [-0.1, -0.05) is 60.7 Å².